The molecule has 1 aliphatic rings. The molecule has 1 aromatic rings. The molecule has 110 valence electrons. The summed E-state index contributed by atoms with van der Waals surface area (Å²) in [5.74, 6) is -0.135. The largest absolute Gasteiger partial charge is 0.378 e. The van der Waals surface area contributed by atoms with E-state index in [0.29, 0.717) is 12.1 Å². The number of carbonyl (C=O) groups excluding carboxylic acids is 1. The van der Waals surface area contributed by atoms with Gasteiger partial charge in [-0.1, -0.05) is 6.07 Å². The molecule has 1 saturated heterocycles. The summed E-state index contributed by atoms with van der Waals surface area (Å²) in [5, 5.41) is 2.86. The van der Waals surface area contributed by atoms with E-state index in [1.165, 1.54) is 0 Å². The molecular formula is C15H22N2O3. The van der Waals surface area contributed by atoms with Crippen molar-refractivity contribution in [3.8, 4) is 0 Å². The highest BCUT2D eigenvalue weighted by Gasteiger charge is 2.28. The van der Waals surface area contributed by atoms with Crippen LogP contribution in [0.5, 0.6) is 0 Å². The number of hydrogen-bond donors (Lipinski definition) is 1. The SMILES string of the molecule is CCn1cccc(CNC(=O)[C@H]2CCCO[C@H]2C)c1=O. The number of rotatable bonds is 4. The third kappa shape index (κ3) is 3.28. The molecule has 5 heteroatoms. The van der Waals surface area contributed by atoms with Gasteiger partial charge in [0.1, 0.15) is 0 Å². The minimum absolute atomic E-state index is 0.0245. The van der Waals surface area contributed by atoms with Gasteiger partial charge in [0.05, 0.1) is 12.0 Å². The number of pyridine rings is 1. The maximum Gasteiger partial charge on any atom is 0.255 e. The van der Waals surface area contributed by atoms with Gasteiger partial charge in [-0.05, 0) is 32.8 Å². The second kappa shape index (κ2) is 6.70. The van der Waals surface area contributed by atoms with Crippen LogP contribution in [-0.2, 0) is 22.6 Å². The van der Waals surface area contributed by atoms with Crippen molar-refractivity contribution in [3.63, 3.8) is 0 Å². The van der Waals surface area contributed by atoms with Crippen molar-refractivity contribution in [3.05, 3.63) is 34.2 Å². The van der Waals surface area contributed by atoms with Crippen LogP contribution < -0.4 is 10.9 Å². The van der Waals surface area contributed by atoms with Gasteiger partial charge in [0.15, 0.2) is 0 Å². The highest BCUT2D eigenvalue weighted by Crippen LogP contribution is 2.20. The Hall–Kier alpha value is -1.62. The third-order valence-corrected chi connectivity index (χ3v) is 3.84. The Morgan fingerprint density at radius 2 is 2.35 bits per heavy atom. The van der Waals surface area contributed by atoms with E-state index in [9.17, 15) is 9.59 Å². The van der Waals surface area contributed by atoms with Gasteiger partial charge in [-0.25, -0.2) is 0 Å². The summed E-state index contributed by atoms with van der Waals surface area (Å²) in [6.07, 6.45) is 3.47. The predicted molar refractivity (Wildman–Crippen MR) is 76.4 cm³/mol. The normalized spacial score (nSPS) is 22.5. The van der Waals surface area contributed by atoms with E-state index in [1.54, 1.807) is 16.8 Å². The fourth-order valence-electron chi connectivity index (χ4n) is 2.55. The molecule has 1 amide bonds. The summed E-state index contributed by atoms with van der Waals surface area (Å²) in [5.41, 5.74) is 0.579. The molecule has 0 aromatic carbocycles. The highest BCUT2D eigenvalue weighted by atomic mass is 16.5. The van der Waals surface area contributed by atoms with Crippen LogP contribution in [0.2, 0.25) is 0 Å². The fourth-order valence-corrected chi connectivity index (χ4v) is 2.55. The van der Waals surface area contributed by atoms with E-state index >= 15 is 0 Å². The minimum atomic E-state index is -0.110. The molecule has 2 atom stereocenters. The summed E-state index contributed by atoms with van der Waals surface area (Å²) in [6.45, 7) is 5.49. The Morgan fingerprint density at radius 3 is 3.05 bits per heavy atom. The quantitative estimate of drug-likeness (QED) is 0.903. The topological polar surface area (TPSA) is 60.3 Å². The van der Waals surface area contributed by atoms with Crippen LogP contribution in [0.4, 0.5) is 0 Å². The Labute approximate surface area is 118 Å². The van der Waals surface area contributed by atoms with Crippen LogP contribution in [0.15, 0.2) is 23.1 Å². The molecule has 5 nitrogen and oxygen atoms in total. The second-order valence-corrected chi connectivity index (χ2v) is 5.17. The molecule has 1 aromatic heterocycles. The van der Waals surface area contributed by atoms with E-state index in [4.69, 9.17) is 4.74 Å². The monoisotopic (exact) mass is 278 g/mol. The molecule has 1 aliphatic heterocycles. The zero-order valence-corrected chi connectivity index (χ0v) is 12.1. The number of hydrogen-bond acceptors (Lipinski definition) is 3. The number of nitrogens with zero attached hydrogens (tertiary/aromatic N) is 1. The summed E-state index contributed by atoms with van der Waals surface area (Å²) in [4.78, 5) is 24.2. The second-order valence-electron chi connectivity index (χ2n) is 5.17. The van der Waals surface area contributed by atoms with E-state index in [1.807, 2.05) is 19.9 Å². The molecule has 20 heavy (non-hydrogen) atoms. The van der Waals surface area contributed by atoms with Gasteiger partial charge in [0.25, 0.3) is 5.56 Å². The van der Waals surface area contributed by atoms with Gasteiger partial charge in [0.2, 0.25) is 5.91 Å². The Kier molecular flexibility index (Phi) is 4.95. The number of nitrogens with one attached hydrogen (secondary N) is 1. The molecule has 2 rings (SSSR count). The van der Waals surface area contributed by atoms with E-state index in [2.05, 4.69) is 5.32 Å². The average molecular weight is 278 g/mol. The van der Waals surface area contributed by atoms with Crippen molar-refractivity contribution in [1.29, 1.82) is 0 Å². The maximum atomic E-state index is 12.1. The van der Waals surface area contributed by atoms with Crippen molar-refractivity contribution >= 4 is 5.91 Å². The lowest BCUT2D eigenvalue weighted by Gasteiger charge is -2.28. The van der Waals surface area contributed by atoms with Crippen LogP contribution in [0.25, 0.3) is 0 Å². The summed E-state index contributed by atoms with van der Waals surface area (Å²) in [6, 6.07) is 3.59. The standard InChI is InChI=1S/C15H22N2O3/c1-3-17-8-4-6-12(15(17)19)10-16-14(18)13-7-5-9-20-11(13)2/h4,6,8,11,13H,3,5,7,9-10H2,1-2H3,(H,16,18)/t11-,13-/m0/s1. The number of ether oxygens (including phenoxy) is 1. The summed E-state index contributed by atoms with van der Waals surface area (Å²) >= 11 is 0. The first kappa shape index (κ1) is 14.8. The van der Waals surface area contributed by atoms with Crippen molar-refractivity contribution in [2.24, 2.45) is 5.92 Å². The number of amides is 1. The van der Waals surface area contributed by atoms with E-state index in [-0.39, 0.29) is 30.0 Å². The number of aryl methyl sites for hydroxylation is 1. The van der Waals surface area contributed by atoms with Crippen molar-refractivity contribution in [1.82, 2.24) is 9.88 Å². The lowest BCUT2D eigenvalue weighted by Crippen LogP contribution is -2.40. The Bertz CT molecular complexity index is 524. The zero-order chi connectivity index (χ0) is 14.5. The Balaban J connectivity index is 1.98. The lowest BCUT2D eigenvalue weighted by atomic mass is 9.94. The van der Waals surface area contributed by atoms with Crippen molar-refractivity contribution < 1.29 is 9.53 Å². The molecule has 0 spiro atoms. The van der Waals surface area contributed by atoms with Crippen LogP contribution in [0.1, 0.15) is 32.3 Å². The van der Waals surface area contributed by atoms with Crippen molar-refractivity contribution in [2.75, 3.05) is 6.61 Å². The first-order valence-electron chi connectivity index (χ1n) is 7.21. The molecule has 2 heterocycles. The molecule has 0 bridgehead atoms. The van der Waals surface area contributed by atoms with E-state index < -0.39 is 0 Å². The minimum Gasteiger partial charge on any atom is -0.378 e. The molecule has 0 aliphatic carbocycles. The van der Waals surface area contributed by atoms with E-state index in [0.717, 1.165) is 19.4 Å². The lowest BCUT2D eigenvalue weighted by molar-refractivity contribution is -0.133. The highest BCUT2D eigenvalue weighted by molar-refractivity contribution is 5.79. The summed E-state index contributed by atoms with van der Waals surface area (Å²) < 4.78 is 7.13. The number of aromatic nitrogens is 1. The van der Waals surface area contributed by atoms with Gasteiger partial charge in [-0.2, -0.15) is 0 Å². The zero-order valence-electron chi connectivity index (χ0n) is 12.1. The van der Waals surface area contributed by atoms with Crippen LogP contribution in [0, 0.1) is 5.92 Å². The fraction of sp³-hybridized carbons (Fsp3) is 0.600. The van der Waals surface area contributed by atoms with Crippen molar-refractivity contribution in [2.45, 2.75) is 45.9 Å². The predicted octanol–water partition coefficient (Wildman–Crippen LogP) is 1.30. The van der Waals surface area contributed by atoms with Crippen LogP contribution >= 0.6 is 0 Å². The van der Waals surface area contributed by atoms with Gasteiger partial charge < -0.3 is 14.6 Å². The average Bonchev–Trinajstić information content (AvgIpc) is 2.46. The molecule has 1 fully saturated rings. The third-order valence-electron chi connectivity index (χ3n) is 3.84. The summed E-state index contributed by atoms with van der Waals surface area (Å²) in [7, 11) is 0. The molecule has 0 unspecified atom stereocenters. The van der Waals surface area contributed by atoms with Gasteiger partial charge >= 0.3 is 0 Å². The Morgan fingerprint density at radius 1 is 1.55 bits per heavy atom. The molecule has 1 N–H and O–H groups in total. The molecule has 0 saturated carbocycles. The first-order valence-corrected chi connectivity index (χ1v) is 7.21. The molecular weight excluding hydrogens is 256 g/mol. The van der Waals surface area contributed by atoms with Gasteiger partial charge in [0, 0.05) is 31.5 Å². The smallest absolute Gasteiger partial charge is 0.255 e. The first-order chi connectivity index (χ1) is 9.63. The number of carbonyl (C=O) groups is 1. The molecule has 0 radical (unpaired) electrons. The van der Waals surface area contributed by atoms with Crippen LogP contribution in [-0.4, -0.2) is 23.2 Å². The van der Waals surface area contributed by atoms with Gasteiger partial charge in [-0.15, -0.1) is 0 Å². The van der Waals surface area contributed by atoms with Gasteiger partial charge in [-0.3, -0.25) is 9.59 Å². The van der Waals surface area contributed by atoms with Crippen LogP contribution in [0.3, 0.4) is 0 Å². The maximum absolute atomic E-state index is 12.1.